The maximum Gasteiger partial charge on any atom is 0.354 e. The number of rotatable bonds is 2. The highest BCUT2D eigenvalue weighted by atomic mass is 16.5. The molecular weight excluding hydrogens is 224 g/mol. The number of ether oxygens (including phenoxy) is 1. The number of aliphatic hydroxyl groups excluding tert-OH is 1. The van der Waals surface area contributed by atoms with E-state index >= 15 is 0 Å². The van der Waals surface area contributed by atoms with Gasteiger partial charge in [-0.3, -0.25) is 4.57 Å². The van der Waals surface area contributed by atoms with Gasteiger partial charge < -0.3 is 15.6 Å². The smallest absolute Gasteiger partial charge is 0.354 e. The van der Waals surface area contributed by atoms with Gasteiger partial charge in [0.05, 0.1) is 12.7 Å². The molecule has 0 amide bonds. The molecule has 0 aromatic carbocycles. The monoisotopic (exact) mass is 242 g/mol. The van der Waals surface area contributed by atoms with E-state index in [0.717, 1.165) is 6.42 Å². The molecule has 1 aromatic rings. The Labute approximate surface area is 99.3 Å². The van der Waals surface area contributed by atoms with Crippen LogP contribution in [0.5, 0.6) is 0 Å². The van der Waals surface area contributed by atoms with Crippen LogP contribution in [0.2, 0.25) is 0 Å². The maximum atomic E-state index is 11.4. The van der Waals surface area contributed by atoms with Crippen LogP contribution in [-0.4, -0.2) is 32.4 Å². The highest BCUT2D eigenvalue weighted by Crippen LogP contribution is 2.26. The third-order valence-electron chi connectivity index (χ3n) is 2.34. The van der Waals surface area contributed by atoms with Gasteiger partial charge in [-0.2, -0.15) is 4.98 Å². The predicted molar refractivity (Wildman–Crippen MR) is 62.3 cm³/mol. The second-order valence-corrected chi connectivity index (χ2v) is 3.38. The van der Waals surface area contributed by atoms with Crippen molar-refractivity contribution in [3.8, 4) is 0 Å². The summed E-state index contributed by atoms with van der Waals surface area (Å²) in [5.41, 5.74) is 4.78. The normalized spacial score (nSPS) is 23.0. The molecule has 0 bridgehead atoms. The van der Waals surface area contributed by atoms with Gasteiger partial charge in [0.25, 0.3) is 0 Å². The quantitative estimate of drug-likeness (QED) is 0.751. The number of aliphatic hydroxyl groups is 1. The molecule has 1 fully saturated rings. The Morgan fingerprint density at radius 1 is 1.59 bits per heavy atom. The van der Waals surface area contributed by atoms with Crippen molar-refractivity contribution in [2.45, 2.75) is 39.0 Å². The summed E-state index contributed by atoms with van der Waals surface area (Å²) in [6.45, 7) is 3.96. The summed E-state index contributed by atoms with van der Waals surface area (Å²) < 4.78 is 6.69. The summed E-state index contributed by atoms with van der Waals surface area (Å²) in [4.78, 5) is 18.6. The van der Waals surface area contributed by atoms with E-state index in [1.807, 2.05) is 13.8 Å². The van der Waals surface area contributed by atoms with Gasteiger partial charge in [-0.1, -0.05) is 13.8 Å². The van der Waals surface area contributed by atoms with Crippen molar-refractivity contribution in [2.24, 2.45) is 0 Å². The molecule has 0 radical (unpaired) electrons. The molecule has 2 heterocycles. The van der Waals surface area contributed by atoms with Crippen LogP contribution < -0.4 is 11.4 Å². The summed E-state index contributed by atoms with van der Waals surface area (Å²) in [6.07, 6.45) is 2.10. The number of nitrogens with zero attached hydrogens (tertiary/aromatic N) is 3. The van der Waals surface area contributed by atoms with Crippen LogP contribution in [0, 0.1) is 0 Å². The predicted octanol–water partition coefficient (Wildman–Crippen LogP) is -0.0834. The molecule has 17 heavy (non-hydrogen) atoms. The van der Waals surface area contributed by atoms with Crippen LogP contribution in [-0.2, 0) is 4.74 Å². The molecule has 96 valence electrons. The lowest BCUT2D eigenvalue weighted by molar-refractivity contribution is -0.0250. The fourth-order valence-corrected chi connectivity index (χ4v) is 1.58. The fourth-order valence-electron chi connectivity index (χ4n) is 1.58. The third kappa shape index (κ3) is 3.24. The van der Waals surface area contributed by atoms with Crippen molar-refractivity contribution in [2.75, 3.05) is 12.3 Å². The van der Waals surface area contributed by atoms with E-state index in [4.69, 9.17) is 15.6 Å². The molecule has 0 unspecified atom stereocenters. The second-order valence-electron chi connectivity index (χ2n) is 3.38. The van der Waals surface area contributed by atoms with E-state index in [1.54, 1.807) is 0 Å². The van der Waals surface area contributed by atoms with Crippen LogP contribution in [0.1, 0.15) is 32.9 Å². The van der Waals surface area contributed by atoms with E-state index in [0.29, 0.717) is 6.42 Å². The van der Waals surface area contributed by atoms with E-state index < -0.39 is 11.9 Å². The summed E-state index contributed by atoms with van der Waals surface area (Å²) in [5.74, 6) is -0.0482. The molecule has 3 N–H and O–H groups in total. The van der Waals surface area contributed by atoms with Crippen molar-refractivity contribution in [3.63, 3.8) is 0 Å². The average Bonchev–Trinajstić information content (AvgIpc) is 2.80. The SMILES string of the molecule is CC.Nc1ncn([C@H]2CC[C@@H](CO)O2)c(=O)n1. The van der Waals surface area contributed by atoms with E-state index in [2.05, 4.69) is 9.97 Å². The van der Waals surface area contributed by atoms with Gasteiger partial charge >= 0.3 is 5.69 Å². The first kappa shape index (κ1) is 13.6. The Morgan fingerprint density at radius 3 is 2.82 bits per heavy atom. The van der Waals surface area contributed by atoms with Crippen LogP contribution in [0.3, 0.4) is 0 Å². The number of anilines is 1. The van der Waals surface area contributed by atoms with Gasteiger partial charge in [0.2, 0.25) is 5.95 Å². The Balaban J connectivity index is 0.000000686. The first-order valence-electron chi connectivity index (χ1n) is 5.67. The second kappa shape index (κ2) is 6.31. The standard InChI is InChI=1S/C8H12N4O3.C2H6/c9-7-10-4-12(8(14)11-7)6-2-1-5(3-13)15-6;1-2/h4-6,13H,1-3H2,(H2,9,11,14);1-2H3/t5-,6+;/m0./s1. The molecule has 0 spiro atoms. The summed E-state index contributed by atoms with van der Waals surface area (Å²) in [5, 5.41) is 8.88. The lowest BCUT2D eigenvalue weighted by Crippen LogP contribution is -2.28. The molecule has 1 aromatic heterocycles. The molecule has 2 rings (SSSR count). The topological polar surface area (TPSA) is 103 Å². The first-order valence-corrected chi connectivity index (χ1v) is 5.67. The zero-order valence-corrected chi connectivity index (χ0v) is 10.0. The van der Waals surface area contributed by atoms with Crippen molar-refractivity contribution in [1.29, 1.82) is 0 Å². The zero-order chi connectivity index (χ0) is 12.8. The van der Waals surface area contributed by atoms with E-state index in [9.17, 15) is 4.79 Å². The van der Waals surface area contributed by atoms with Gasteiger partial charge in [-0.15, -0.1) is 0 Å². The number of aromatic nitrogens is 3. The maximum absolute atomic E-state index is 11.4. The molecule has 1 saturated heterocycles. The first-order chi connectivity index (χ1) is 8.20. The van der Waals surface area contributed by atoms with Gasteiger partial charge in [0, 0.05) is 0 Å². The highest BCUT2D eigenvalue weighted by Gasteiger charge is 2.26. The van der Waals surface area contributed by atoms with Gasteiger partial charge in [-0.25, -0.2) is 9.78 Å². The van der Waals surface area contributed by atoms with Gasteiger partial charge in [-0.05, 0) is 12.8 Å². The summed E-state index contributed by atoms with van der Waals surface area (Å²) in [6, 6.07) is 0. The number of hydrogen-bond acceptors (Lipinski definition) is 6. The number of hydrogen-bond donors (Lipinski definition) is 2. The Morgan fingerprint density at radius 2 is 2.29 bits per heavy atom. The minimum Gasteiger partial charge on any atom is -0.394 e. The van der Waals surface area contributed by atoms with Gasteiger partial charge in [0.15, 0.2) is 0 Å². The third-order valence-corrected chi connectivity index (χ3v) is 2.34. The molecule has 0 aliphatic carbocycles. The van der Waals surface area contributed by atoms with Crippen LogP contribution in [0.4, 0.5) is 5.95 Å². The van der Waals surface area contributed by atoms with E-state index in [1.165, 1.54) is 10.9 Å². The minimum absolute atomic E-state index is 0.0406. The molecule has 2 atom stereocenters. The van der Waals surface area contributed by atoms with Gasteiger partial charge in [0.1, 0.15) is 12.6 Å². The molecule has 7 heteroatoms. The van der Waals surface area contributed by atoms with E-state index in [-0.39, 0.29) is 18.7 Å². The van der Waals surface area contributed by atoms with Crippen LogP contribution in [0.15, 0.2) is 11.1 Å². The molecule has 0 saturated carbocycles. The molecule has 1 aliphatic heterocycles. The Bertz CT molecular complexity index is 407. The van der Waals surface area contributed by atoms with Crippen LogP contribution in [0.25, 0.3) is 0 Å². The minimum atomic E-state index is -0.480. The largest absolute Gasteiger partial charge is 0.394 e. The van der Waals surface area contributed by atoms with Crippen molar-refractivity contribution in [1.82, 2.24) is 14.5 Å². The van der Waals surface area contributed by atoms with Crippen LogP contribution >= 0.6 is 0 Å². The Kier molecular flexibility index (Phi) is 5.05. The molecule has 1 aliphatic rings. The number of nitrogens with two attached hydrogens (primary N) is 1. The lowest BCUT2D eigenvalue weighted by atomic mass is 10.2. The summed E-state index contributed by atoms with van der Waals surface area (Å²) >= 11 is 0. The average molecular weight is 242 g/mol. The number of nitrogen functional groups attached to an aromatic ring is 1. The molecular formula is C10H18N4O3. The van der Waals surface area contributed by atoms with Crippen molar-refractivity contribution >= 4 is 5.95 Å². The lowest BCUT2D eigenvalue weighted by Gasteiger charge is -2.13. The molecule has 7 nitrogen and oxygen atoms in total. The fraction of sp³-hybridized carbons (Fsp3) is 0.700. The van der Waals surface area contributed by atoms with Crippen molar-refractivity contribution < 1.29 is 9.84 Å². The van der Waals surface area contributed by atoms with Crippen molar-refractivity contribution in [3.05, 3.63) is 16.8 Å². The Hall–Kier alpha value is -1.47. The zero-order valence-electron chi connectivity index (χ0n) is 10.0. The highest BCUT2D eigenvalue weighted by molar-refractivity contribution is 5.09. The summed E-state index contributed by atoms with van der Waals surface area (Å²) in [7, 11) is 0.